The van der Waals surface area contributed by atoms with Gasteiger partial charge in [-0.15, -0.1) is 0 Å². The zero-order valence-corrected chi connectivity index (χ0v) is 11.8. The van der Waals surface area contributed by atoms with E-state index in [1.807, 2.05) is 0 Å². The predicted molar refractivity (Wildman–Crippen MR) is 72.9 cm³/mol. The maximum atomic E-state index is 12.5. The molecule has 0 aromatic heterocycles. The van der Waals surface area contributed by atoms with Crippen molar-refractivity contribution in [1.29, 1.82) is 0 Å². The first-order valence-corrected chi connectivity index (χ1v) is 7.13. The highest BCUT2D eigenvalue weighted by Crippen LogP contribution is 2.37. The normalized spacial score (nSPS) is 20.9. The molecule has 1 rings (SSSR count). The summed E-state index contributed by atoms with van der Waals surface area (Å²) in [6.45, 7) is 7.14. The summed E-state index contributed by atoms with van der Waals surface area (Å²) < 4.78 is 0. The van der Waals surface area contributed by atoms with Crippen molar-refractivity contribution in [2.75, 3.05) is 6.54 Å². The molecule has 1 saturated carbocycles. The van der Waals surface area contributed by atoms with Crippen molar-refractivity contribution in [2.45, 2.75) is 72.1 Å². The average Bonchev–Trinajstić information content (AvgIpc) is 2.51. The maximum Gasteiger partial charge on any atom is 0.140 e. The molecule has 0 saturated heterocycles. The van der Waals surface area contributed by atoms with Gasteiger partial charge in [-0.25, -0.2) is 0 Å². The van der Waals surface area contributed by atoms with Gasteiger partial charge in [0.25, 0.3) is 0 Å². The zero-order chi connectivity index (χ0) is 12.9. The molecule has 0 atom stereocenters. The molecule has 17 heavy (non-hydrogen) atoms. The van der Waals surface area contributed by atoms with E-state index in [1.54, 1.807) is 0 Å². The standard InChI is InChI=1S/C15H29NO/c1-14(2,3)11-8-13(17)15(12-16)9-6-4-5-7-10-15/h4-12,16H2,1-3H3. The Balaban J connectivity index is 2.61. The minimum absolute atomic E-state index is 0.179. The quantitative estimate of drug-likeness (QED) is 0.760. The minimum atomic E-state index is -0.179. The Morgan fingerprint density at radius 3 is 2.06 bits per heavy atom. The summed E-state index contributed by atoms with van der Waals surface area (Å²) in [7, 11) is 0. The molecule has 0 aromatic carbocycles. The van der Waals surface area contributed by atoms with E-state index >= 15 is 0 Å². The number of hydrogen-bond acceptors (Lipinski definition) is 2. The Labute approximate surface area is 106 Å². The molecule has 2 nitrogen and oxygen atoms in total. The number of carbonyl (C=O) groups is 1. The second kappa shape index (κ2) is 5.99. The van der Waals surface area contributed by atoms with Crippen LogP contribution in [0.25, 0.3) is 0 Å². The van der Waals surface area contributed by atoms with Crippen molar-refractivity contribution in [3.63, 3.8) is 0 Å². The molecule has 2 N–H and O–H groups in total. The first kappa shape index (κ1) is 14.7. The molecule has 2 heteroatoms. The van der Waals surface area contributed by atoms with Crippen molar-refractivity contribution in [3.05, 3.63) is 0 Å². The minimum Gasteiger partial charge on any atom is -0.329 e. The monoisotopic (exact) mass is 239 g/mol. The molecule has 0 heterocycles. The van der Waals surface area contributed by atoms with Crippen LogP contribution >= 0.6 is 0 Å². The zero-order valence-electron chi connectivity index (χ0n) is 11.8. The Morgan fingerprint density at radius 1 is 1.12 bits per heavy atom. The van der Waals surface area contributed by atoms with Gasteiger partial charge in [-0.1, -0.05) is 46.5 Å². The number of ketones is 1. The molecule has 0 amide bonds. The summed E-state index contributed by atoms with van der Waals surface area (Å²) in [6, 6.07) is 0. The van der Waals surface area contributed by atoms with Crippen LogP contribution in [0.3, 0.4) is 0 Å². The van der Waals surface area contributed by atoms with Gasteiger partial charge in [0.05, 0.1) is 0 Å². The van der Waals surface area contributed by atoms with Crippen LogP contribution < -0.4 is 5.73 Å². The van der Waals surface area contributed by atoms with Gasteiger partial charge in [0.15, 0.2) is 0 Å². The van der Waals surface area contributed by atoms with Crippen molar-refractivity contribution in [3.8, 4) is 0 Å². The van der Waals surface area contributed by atoms with E-state index in [4.69, 9.17) is 5.73 Å². The summed E-state index contributed by atoms with van der Waals surface area (Å²) in [5.74, 6) is 0.428. The Kier molecular flexibility index (Phi) is 5.18. The van der Waals surface area contributed by atoms with Crippen LogP contribution in [0.15, 0.2) is 0 Å². The first-order chi connectivity index (χ1) is 7.90. The summed E-state index contributed by atoms with van der Waals surface area (Å²) in [5, 5.41) is 0. The number of rotatable bonds is 4. The van der Waals surface area contributed by atoms with Crippen LogP contribution in [-0.2, 0) is 4.79 Å². The molecule has 0 aromatic rings. The second-order valence-electron chi connectivity index (χ2n) is 6.88. The van der Waals surface area contributed by atoms with Gasteiger partial charge in [0.2, 0.25) is 0 Å². The van der Waals surface area contributed by atoms with Crippen LogP contribution in [0, 0.1) is 10.8 Å². The van der Waals surface area contributed by atoms with E-state index in [0.29, 0.717) is 18.7 Å². The van der Waals surface area contributed by atoms with Crippen molar-refractivity contribution in [1.82, 2.24) is 0 Å². The van der Waals surface area contributed by atoms with Crippen molar-refractivity contribution >= 4 is 5.78 Å². The first-order valence-electron chi connectivity index (χ1n) is 7.13. The Bertz CT molecular complexity index is 244. The lowest BCUT2D eigenvalue weighted by atomic mass is 9.73. The summed E-state index contributed by atoms with van der Waals surface area (Å²) in [4.78, 5) is 12.5. The highest BCUT2D eigenvalue weighted by Gasteiger charge is 2.36. The van der Waals surface area contributed by atoms with Gasteiger partial charge < -0.3 is 5.73 Å². The highest BCUT2D eigenvalue weighted by atomic mass is 16.1. The number of Topliss-reactive ketones (excluding diaryl/α,β-unsaturated/α-hetero) is 1. The number of hydrogen-bond donors (Lipinski definition) is 1. The summed E-state index contributed by atoms with van der Waals surface area (Å²) in [6.07, 6.45) is 8.63. The lowest BCUT2D eigenvalue weighted by molar-refractivity contribution is -0.129. The van der Waals surface area contributed by atoms with Crippen LogP contribution in [0.5, 0.6) is 0 Å². The topological polar surface area (TPSA) is 43.1 Å². The van der Waals surface area contributed by atoms with Crippen LogP contribution in [0.1, 0.15) is 72.1 Å². The van der Waals surface area contributed by atoms with Gasteiger partial charge in [0, 0.05) is 18.4 Å². The molecule has 0 aliphatic heterocycles. The molecule has 1 aliphatic carbocycles. The summed E-state index contributed by atoms with van der Waals surface area (Å²) >= 11 is 0. The van der Waals surface area contributed by atoms with Gasteiger partial charge in [0.1, 0.15) is 5.78 Å². The van der Waals surface area contributed by atoms with Gasteiger partial charge in [-0.3, -0.25) is 4.79 Å². The Morgan fingerprint density at radius 2 is 1.65 bits per heavy atom. The molecular weight excluding hydrogens is 210 g/mol. The van der Waals surface area contributed by atoms with Crippen LogP contribution in [0.4, 0.5) is 0 Å². The van der Waals surface area contributed by atoms with Gasteiger partial charge in [-0.2, -0.15) is 0 Å². The van der Waals surface area contributed by atoms with Crippen LogP contribution in [-0.4, -0.2) is 12.3 Å². The highest BCUT2D eigenvalue weighted by molar-refractivity contribution is 5.85. The Hall–Kier alpha value is -0.370. The lowest BCUT2D eigenvalue weighted by Crippen LogP contribution is -2.38. The smallest absolute Gasteiger partial charge is 0.140 e. The number of carbonyl (C=O) groups excluding carboxylic acids is 1. The third kappa shape index (κ3) is 4.42. The molecule has 0 radical (unpaired) electrons. The van der Waals surface area contributed by atoms with E-state index < -0.39 is 0 Å². The fourth-order valence-electron chi connectivity index (χ4n) is 2.76. The average molecular weight is 239 g/mol. The third-order valence-corrected chi connectivity index (χ3v) is 4.14. The fraction of sp³-hybridized carbons (Fsp3) is 0.933. The SMILES string of the molecule is CC(C)(C)CCC(=O)C1(CN)CCCCCC1. The van der Waals surface area contributed by atoms with Crippen molar-refractivity contribution in [2.24, 2.45) is 16.6 Å². The molecule has 0 unspecified atom stereocenters. The lowest BCUT2D eigenvalue weighted by Gasteiger charge is -2.31. The molecule has 1 aliphatic rings. The molecule has 1 fully saturated rings. The van der Waals surface area contributed by atoms with E-state index in [1.165, 1.54) is 25.7 Å². The van der Waals surface area contributed by atoms with Gasteiger partial charge >= 0.3 is 0 Å². The van der Waals surface area contributed by atoms with Gasteiger partial charge in [-0.05, 0) is 24.7 Å². The van der Waals surface area contributed by atoms with E-state index in [2.05, 4.69) is 20.8 Å². The molecule has 0 bridgehead atoms. The molecule has 0 spiro atoms. The van der Waals surface area contributed by atoms with Crippen LogP contribution in [0.2, 0.25) is 0 Å². The second-order valence-corrected chi connectivity index (χ2v) is 6.88. The fourth-order valence-corrected chi connectivity index (χ4v) is 2.76. The molecular formula is C15H29NO. The van der Waals surface area contributed by atoms with E-state index in [0.717, 1.165) is 19.3 Å². The van der Waals surface area contributed by atoms with E-state index in [-0.39, 0.29) is 10.8 Å². The largest absolute Gasteiger partial charge is 0.329 e. The third-order valence-electron chi connectivity index (χ3n) is 4.14. The predicted octanol–water partition coefficient (Wildman–Crippen LogP) is 3.68. The van der Waals surface area contributed by atoms with Crippen molar-refractivity contribution < 1.29 is 4.79 Å². The molecule has 100 valence electrons. The number of nitrogens with two attached hydrogens (primary N) is 1. The maximum absolute atomic E-state index is 12.5. The van der Waals surface area contributed by atoms with E-state index in [9.17, 15) is 4.79 Å². The summed E-state index contributed by atoms with van der Waals surface area (Å²) in [5.41, 5.74) is 5.99.